The van der Waals surface area contributed by atoms with Crippen LogP contribution in [0.25, 0.3) is 0 Å². The Labute approximate surface area is 104 Å². The monoisotopic (exact) mass is 263 g/mol. The maximum Gasteiger partial charge on any atom is 0.403 e. The topological polar surface area (TPSA) is 30.5 Å². The van der Waals surface area contributed by atoms with Crippen LogP contribution in [0.1, 0.15) is 6.42 Å². The van der Waals surface area contributed by atoms with Gasteiger partial charge in [-0.15, -0.1) is 0 Å². The molecule has 0 aliphatic rings. The van der Waals surface area contributed by atoms with E-state index in [1.165, 1.54) is 14.2 Å². The SMILES string of the molecule is CNC(CCOc1ccc(OC)cc1)C(F)(F)F. The average Bonchev–Trinajstić information content (AvgIpc) is 2.34. The van der Waals surface area contributed by atoms with Crippen LogP contribution in [0.4, 0.5) is 13.2 Å². The lowest BCUT2D eigenvalue weighted by Gasteiger charge is -2.19. The largest absolute Gasteiger partial charge is 0.497 e. The first kappa shape index (κ1) is 14.6. The Morgan fingerprint density at radius 1 is 1.17 bits per heavy atom. The summed E-state index contributed by atoms with van der Waals surface area (Å²) in [5.41, 5.74) is 0. The van der Waals surface area contributed by atoms with E-state index in [2.05, 4.69) is 5.32 Å². The van der Waals surface area contributed by atoms with E-state index in [0.29, 0.717) is 11.5 Å². The highest BCUT2D eigenvalue weighted by molar-refractivity contribution is 5.31. The molecule has 102 valence electrons. The predicted molar refractivity (Wildman–Crippen MR) is 62.0 cm³/mol. The molecule has 0 radical (unpaired) electrons. The van der Waals surface area contributed by atoms with Crippen molar-refractivity contribution in [3.05, 3.63) is 24.3 Å². The van der Waals surface area contributed by atoms with Crippen LogP contribution in [-0.4, -0.2) is 33.0 Å². The molecule has 0 amide bonds. The number of benzene rings is 1. The van der Waals surface area contributed by atoms with Crippen LogP contribution in [0.2, 0.25) is 0 Å². The van der Waals surface area contributed by atoms with Crippen LogP contribution < -0.4 is 14.8 Å². The summed E-state index contributed by atoms with van der Waals surface area (Å²) in [6, 6.07) is 5.14. The van der Waals surface area contributed by atoms with Gasteiger partial charge in [-0.3, -0.25) is 0 Å². The van der Waals surface area contributed by atoms with Crippen LogP contribution in [0.5, 0.6) is 11.5 Å². The number of hydrogen-bond donors (Lipinski definition) is 1. The number of nitrogens with one attached hydrogen (secondary N) is 1. The molecule has 18 heavy (non-hydrogen) atoms. The predicted octanol–water partition coefficient (Wildman–Crippen LogP) is 2.61. The van der Waals surface area contributed by atoms with Crippen molar-refractivity contribution < 1.29 is 22.6 Å². The minimum absolute atomic E-state index is 0.00263. The molecule has 1 unspecified atom stereocenters. The lowest BCUT2D eigenvalue weighted by atomic mass is 10.2. The van der Waals surface area contributed by atoms with Gasteiger partial charge in [0.15, 0.2) is 0 Å². The fraction of sp³-hybridized carbons (Fsp3) is 0.500. The molecular weight excluding hydrogens is 247 g/mol. The van der Waals surface area contributed by atoms with Crippen LogP contribution in [0.3, 0.4) is 0 Å². The fourth-order valence-corrected chi connectivity index (χ4v) is 1.44. The van der Waals surface area contributed by atoms with Crippen LogP contribution in [-0.2, 0) is 0 Å². The van der Waals surface area contributed by atoms with Gasteiger partial charge < -0.3 is 14.8 Å². The summed E-state index contributed by atoms with van der Waals surface area (Å²) in [6.45, 7) is -0.00263. The highest BCUT2D eigenvalue weighted by Crippen LogP contribution is 2.23. The molecule has 0 fully saturated rings. The van der Waals surface area contributed by atoms with Gasteiger partial charge in [-0.25, -0.2) is 0 Å². The Morgan fingerprint density at radius 2 is 1.72 bits per heavy atom. The zero-order chi connectivity index (χ0) is 13.6. The first-order valence-corrected chi connectivity index (χ1v) is 5.48. The number of rotatable bonds is 6. The molecular formula is C12H16F3NO2. The van der Waals surface area contributed by atoms with Gasteiger partial charge in [0.2, 0.25) is 0 Å². The molecule has 1 N–H and O–H groups in total. The molecule has 0 aromatic heterocycles. The van der Waals surface area contributed by atoms with Crippen LogP contribution in [0, 0.1) is 0 Å². The molecule has 0 saturated heterocycles. The minimum atomic E-state index is -4.25. The van der Waals surface area contributed by atoms with E-state index in [1.54, 1.807) is 24.3 Å². The van der Waals surface area contributed by atoms with E-state index < -0.39 is 12.2 Å². The average molecular weight is 263 g/mol. The molecule has 0 heterocycles. The third-order valence-electron chi connectivity index (χ3n) is 2.48. The van der Waals surface area contributed by atoms with Crippen molar-refractivity contribution in [2.75, 3.05) is 20.8 Å². The fourth-order valence-electron chi connectivity index (χ4n) is 1.44. The second kappa shape index (κ2) is 6.49. The third kappa shape index (κ3) is 4.44. The van der Waals surface area contributed by atoms with Crippen molar-refractivity contribution in [3.8, 4) is 11.5 Å². The molecule has 1 aromatic rings. The first-order valence-electron chi connectivity index (χ1n) is 5.48. The standard InChI is InChI=1S/C12H16F3NO2/c1-16-11(12(13,14)15)7-8-18-10-5-3-9(17-2)4-6-10/h3-6,11,16H,7-8H2,1-2H3. The smallest absolute Gasteiger partial charge is 0.403 e. The molecule has 0 aliphatic carbocycles. The molecule has 1 aromatic carbocycles. The van der Waals surface area contributed by atoms with Crippen LogP contribution >= 0.6 is 0 Å². The second-order valence-corrected chi connectivity index (χ2v) is 3.70. The molecule has 6 heteroatoms. The number of methoxy groups -OCH3 is 1. The number of hydrogen-bond acceptors (Lipinski definition) is 3. The van der Waals surface area contributed by atoms with Gasteiger partial charge in [-0.05, 0) is 31.3 Å². The number of alkyl halides is 3. The van der Waals surface area contributed by atoms with E-state index in [9.17, 15) is 13.2 Å². The molecule has 0 aliphatic heterocycles. The Bertz CT molecular complexity index is 351. The van der Waals surface area contributed by atoms with E-state index in [0.717, 1.165) is 0 Å². The van der Waals surface area contributed by atoms with Gasteiger partial charge in [-0.2, -0.15) is 13.2 Å². The summed E-state index contributed by atoms with van der Waals surface area (Å²) in [5.74, 6) is 1.19. The van der Waals surface area contributed by atoms with E-state index in [1.807, 2.05) is 0 Å². The lowest BCUT2D eigenvalue weighted by Crippen LogP contribution is -2.41. The maximum atomic E-state index is 12.4. The second-order valence-electron chi connectivity index (χ2n) is 3.70. The highest BCUT2D eigenvalue weighted by atomic mass is 19.4. The Kier molecular flexibility index (Phi) is 5.27. The van der Waals surface area contributed by atoms with E-state index >= 15 is 0 Å². The summed E-state index contributed by atoms with van der Waals surface area (Å²) < 4.78 is 47.4. The minimum Gasteiger partial charge on any atom is -0.497 e. The highest BCUT2D eigenvalue weighted by Gasteiger charge is 2.38. The number of halogens is 3. The summed E-state index contributed by atoms with van der Waals surface area (Å²) >= 11 is 0. The van der Waals surface area contributed by atoms with Gasteiger partial charge in [0.25, 0.3) is 0 Å². The molecule has 1 rings (SSSR count). The summed E-state index contributed by atoms with van der Waals surface area (Å²) in [5, 5.41) is 2.22. The molecule has 3 nitrogen and oxygen atoms in total. The van der Waals surface area contributed by atoms with Crippen LogP contribution in [0.15, 0.2) is 24.3 Å². The van der Waals surface area contributed by atoms with Crippen molar-refractivity contribution in [2.24, 2.45) is 0 Å². The van der Waals surface area contributed by atoms with Crippen molar-refractivity contribution in [1.29, 1.82) is 0 Å². The van der Waals surface area contributed by atoms with Gasteiger partial charge >= 0.3 is 6.18 Å². The van der Waals surface area contributed by atoms with Crippen molar-refractivity contribution in [1.82, 2.24) is 5.32 Å². The van der Waals surface area contributed by atoms with E-state index in [4.69, 9.17) is 9.47 Å². The van der Waals surface area contributed by atoms with Crippen molar-refractivity contribution in [2.45, 2.75) is 18.6 Å². The Balaban J connectivity index is 2.40. The number of ether oxygens (including phenoxy) is 2. The summed E-state index contributed by atoms with van der Waals surface area (Å²) in [7, 11) is 2.82. The van der Waals surface area contributed by atoms with Crippen molar-refractivity contribution >= 4 is 0 Å². The zero-order valence-corrected chi connectivity index (χ0v) is 10.3. The summed E-state index contributed by atoms with van der Waals surface area (Å²) in [6.07, 6.45) is -4.38. The van der Waals surface area contributed by atoms with Gasteiger partial charge in [0.05, 0.1) is 13.7 Å². The maximum absolute atomic E-state index is 12.4. The lowest BCUT2D eigenvalue weighted by molar-refractivity contribution is -0.157. The van der Waals surface area contributed by atoms with Gasteiger partial charge in [0, 0.05) is 6.42 Å². The molecule has 0 bridgehead atoms. The van der Waals surface area contributed by atoms with Gasteiger partial charge in [0.1, 0.15) is 17.5 Å². The van der Waals surface area contributed by atoms with Crippen molar-refractivity contribution in [3.63, 3.8) is 0 Å². The summed E-state index contributed by atoms with van der Waals surface area (Å²) in [4.78, 5) is 0. The van der Waals surface area contributed by atoms with E-state index in [-0.39, 0.29) is 13.0 Å². The first-order chi connectivity index (χ1) is 8.47. The Morgan fingerprint density at radius 3 is 2.17 bits per heavy atom. The molecule has 0 spiro atoms. The zero-order valence-electron chi connectivity index (χ0n) is 10.3. The quantitative estimate of drug-likeness (QED) is 0.855. The normalized spacial score (nSPS) is 13.2. The Hall–Kier alpha value is -1.43. The third-order valence-corrected chi connectivity index (χ3v) is 2.48. The van der Waals surface area contributed by atoms with Gasteiger partial charge in [-0.1, -0.05) is 0 Å². The molecule has 1 atom stereocenters. The molecule has 0 saturated carbocycles.